The highest BCUT2D eigenvalue weighted by atomic mass is 79.9. The summed E-state index contributed by atoms with van der Waals surface area (Å²) < 4.78 is 68.5. The Labute approximate surface area is 603 Å². The summed E-state index contributed by atoms with van der Waals surface area (Å²) in [5, 5.41) is 32.7. The van der Waals surface area contributed by atoms with E-state index >= 15 is 0 Å². The number of rotatable bonds is 23. The normalized spacial score (nSPS) is 10.7. The summed E-state index contributed by atoms with van der Waals surface area (Å²) >= 11 is 3.70. The van der Waals surface area contributed by atoms with Gasteiger partial charge >= 0.3 is 11.9 Å². The van der Waals surface area contributed by atoms with E-state index in [-0.39, 0.29) is 40.6 Å². The Kier molecular flexibility index (Phi) is 23.7. The summed E-state index contributed by atoms with van der Waals surface area (Å²) in [6.07, 6.45) is 0. The summed E-state index contributed by atoms with van der Waals surface area (Å²) in [5.41, 5.74) is 12.9. The first-order chi connectivity index (χ1) is 50.1. The van der Waals surface area contributed by atoms with Gasteiger partial charge in [0, 0.05) is 18.2 Å². The van der Waals surface area contributed by atoms with Crippen molar-refractivity contribution in [3.63, 3.8) is 0 Å². The number of carbonyl (C=O) groups excluding carboxylic acids is 2. The van der Waals surface area contributed by atoms with Crippen LogP contribution in [0.5, 0.6) is 51.7 Å². The van der Waals surface area contributed by atoms with Crippen molar-refractivity contribution in [3.8, 4) is 119 Å². The Hall–Kier alpha value is -12.6. The van der Waals surface area contributed by atoms with Crippen molar-refractivity contribution in [2.24, 2.45) is 0 Å². The van der Waals surface area contributed by atoms with Crippen molar-refractivity contribution in [3.05, 3.63) is 285 Å². The Bertz CT molecular complexity index is 4990. The topological polar surface area (TPSA) is 236 Å². The standard InChI is InChI=1S/C33H29NO6.C31H26BrNO4.C19H17NO6/c1-22-31(25-14-16-26(36-2)17-15-25)32(40-34-22)27-18-28(33(35)37-3)30(39-21-24-12-8-5-9-13-24)19-29(27)38-20-23-10-6-4-7-11-23;1-21-30(24-13-15-25(34-2)16-14-24)31(37-33-21)26-17-27(32)29(36-20-23-11-7-4-8-12-23)18-28(26)35-19-22-9-5-3-6-10-22;1-10-17(11-4-6-12(24-2)7-5-11)18(26-20-10)13-8-14(19(23)25-3)16(22)9-15(13)21/h4-19H,20-21H2,1-3H3;3-18H,19-20H2,1-2H3;4-9,21-22H,1-3H3. The van der Waals surface area contributed by atoms with Crippen LogP contribution in [0.2, 0.25) is 0 Å². The third-order valence-corrected chi connectivity index (χ3v) is 17.1. The van der Waals surface area contributed by atoms with Crippen LogP contribution in [-0.4, -0.2) is 73.2 Å². The number of esters is 2. The van der Waals surface area contributed by atoms with Crippen LogP contribution in [0.3, 0.4) is 0 Å². The van der Waals surface area contributed by atoms with Crippen LogP contribution in [-0.2, 0) is 35.9 Å². The highest BCUT2D eigenvalue weighted by Gasteiger charge is 2.28. The van der Waals surface area contributed by atoms with Gasteiger partial charge in [-0.2, -0.15) is 0 Å². The van der Waals surface area contributed by atoms with Crippen molar-refractivity contribution in [1.82, 2.24) is 15.5 Å². The lowest BCUT2D eigenvalue weighted by Crippen LogP contribution is -2.08. The average molecular weight is 1450 g/mol. The van der Waals surface area contributed by atoms with Crippen LogP contribution >= 0.6 is 15.9 Å². The van der Waals surface area contributed by atoms with Crippen LogP contribution in [0.4, 0.5) is 0 Å². The number of methoxy groups -OCH3 is 5. The molecule has 0 saturated heterocycles. The van der Waals surface area contributed by atoms with E-state index in [1.165, 1.54) is 20.3 Å². The largest absolute Gasteiger partial charge is 0.507 e. The van der Waals surface area contributed by atoms with Crippen LogP contribution in [0, 0.1) is 20.8 Å². The maximum absolute atomic E-state index is 12.9. The van der Waals surface area contributed by atoms with E-state index in [1.54, 1.807) is 52.5 Å². The molecule has 0 saturated carbocycles. The number of hydrogen-bond acceptors (Lipinski definition) is 19. The second kappa shape index (κ2) is 34.0. The molecular weight excluding hydrogens is 1370 g/mol. The molecule has 10 aromatic carbocycles. The molecule has 0 spiro atoms. The van der Waals surface area contributed by atoms with Crippen molar-refractivity contribution < 1.29 is 76.0 Å². The molecule has 522 valence electrons. The molecule has 0 amide bonds. The van der Waals surface area contributed by atoms with Gasteiger partial charge in [-0.1, -0.05) is 173 Å². The molecule has 0 fully saturated rings. The number of aryl methyl sites for hydroxylation is 3. The number of carbonyl (C=O) groups is 2. The van der Waals surface area contributed by atoms with E-state index in [2.05, 4.69) is 36.1 Å². The first-order valence-corrected chi connectivity index (χ1v) is 33.2. The fourth-order valence-corrected chi connectivity index (χ4v) is 11.6. The molecule has 0 atom stereocenters. The van der Waals surface area contributed by atoms with Gasteiger partial charge in [0.1, 0.15) is 89.3 Å². The lowest BCUT2D eigenvalue weighted by atomic mass is 9.97. The number of halogens is 1. The number of aromatic nitrogens is 3. The van der Waals surface area contributed by atoms with E-state index in [0.29, 0.717) is 82.6 Å². The number of nitrogens with zero attached hydrogens (tertiary/aromatic N) is 3. The molecule has 20 heteroatoms. The predicted molar refractivity (Wildman–Crippen MR) is 393 cm³/mol. The zero-order valence-electron chi connectivity index (χ0n) is 57.6. The number of ether oxygens (including phenoxy) is 9. The van der Waals surface area contributed by atoms with E-state index < -0.39 is 11.9 Å². The first-order valence-electron chi connectivity index (χ1n) is 32.4. The van der Waals surface area contributed by atoms with Crippen molar-refractivity contribution in [1.29, 1.82) is 0 Å². The van der Waals surface area contributed by atoms with Crippen LogP contribution in [0.15, 0.2) is 249 Å². The molecular formula is C83H72BrN3O16. The van der Waals surface area contributed by atoms with Crippen molar-refractivity contribution >= 4 is 27.9 Å². The summed E-state index contributed by atoms with van der Waals surface area (Å²) in [6.45, 7) is 6.98. The Balaban J connectivity index is 0.000000159. The molecule has 13 aromatic rings. The molecule has 13 rings (SSSR count). The molecule has 2 N–H and O–H groups in total. The summed E-state index contributed by atoms with van der Waals surface area (Å²) in [7, 11) is 7.39. The van der Waals surface area contributed by atoms with Gasteiger partial charge in [-0.25, -0.2) is 9.59 Å². The van der Waals surface area contributed by atoms with Crippen molar-refractivity contribution in [2.45, 2.75) is 47.2 Å². The van der Waals surface area contributed by atoms with Crippen LogP contribution in [0.1, 0.15) is 60.1 Å². The second-order valence-electron chi connectivity index (χ2n) is 23.2. The van der Waals surface area contributed by atoms with Gasteiger partial charge in [0.25, 0.3) is 0 Å². The van der Waals surface area contributed by atoms with Gasteiger partial charge in [0.05, 0.1) is 90.5 Å². The molecule has 0 radical (unpaired) electrons. The van der Waals surface area contributed by atoms with Crippen LogP contribution < -0.4 is 33.2 Å². The van der Waals surface area contributed by atoms with Gasteiger partial charge < -0.3 is 66.4 Å². The zero-order chi connectivity index (χ0) is 72.4. The smallest absolute Gasteiger partial charge is 0.341 e. The third-order valence-electron chi connectivity index (χ3n) is 16.4. The average Bonchev–Trinajstić information content (AvgIpc) is 1.72. The quantitative estimate of drug-likeness (QED) is 0.0566. The molecule has 103 heavy (non-hydrogen) atoms. The minimum absolute atomic E-state index is 0.0879. The third kappa shape index (κ3) is 17.4. The lowest BCUT2D eigenvalue weighted by Gasteiger charge is -2.17. The van der Waals surface area contributed by atoms with Gasteiger partial charge in [-0.05, 0) is 130 Å². The summed E-state index contributed by atoms with van der Waals surface area (Å²) in [6, 6.07) is 72.0. The molecule has 0 unspecified atom stereocenters. The second-order valence-corrected chi connectivity index (χ2v) is 24.0. The number of benzene rings is 10. The monoisotopic (exact) mass is 1450 g/mol. The number of phenolic OH excluding ortho intramolecular Hbond substituents is 2. The highest BCUT2D eigenvalue weighted by molar-refractivity contribution is 9.10. The molecule has 0 aliphatic carbocycles. The Morgan fingerprint density at radius 2 is 0.670 bits per heavy atom. The molecule has 19 nitrogen and oxygen atoms in total. The highest BCUT2D eigenvalue weighted by Crippen LogP contribution is 2.47. The summed E-state index contributed by atoms with van der Waals surface area (Å²) in [4.78, 5) is 24.8. The number of aromatic hydroxyl groups is 2. The molecule has 3 aromatic heterocycles. The van der Waals surface area contributed by atoms with Crippen LogP contribution in [0.25, 0.3) is 67.4 Å². The molecule has 3 heterocycles. The van der Waals surface area contributed by atoms with E-state index in [0.717, 1.165) is 83.4 Å². The minimum atomic E-state index is -0.731. The molecule has 0 aliphatic heterocycles. The Morgan fingerprint density at radius 1 is 0.359 bits per heavy atom. The van der Waals surface area contributed by atoms with Crippen molar-refractivity contribution in [2.75, 3.05) is 35.5 Å². The van der Waals surface area contributed by atoms with Gasteiger partial charge in [0.2, 0.25) is 0 Å². The van der Waals surface area contributed by atoms with E-state index in [1.807, 2.05) is 208 Å². The SMILES string of the molecule is COC(=O)c1cc(-c2onc(C)c2-c2ccc(OC)cc2)c(O)cc1O.COC(=O)c1cc(-c2onc(C)c2-c2ccc(OC)cc2)c(OCc2ccccc2)cc1OCc1ccccc1.COc1ccc(-c2c(C)noc2-c2cc(Br)c(OCc3ccccc3)cc2OCc2ccccc2)cc1. The number of phenols is 2. The zero-order valence-corrected chi connectivity index (χ0v) is 59.2. The van der Waals surface area contributed by atoms with Gasteiger partial charge in [-0.15, -0.1) is 0 Å². The molecule has 0 aliphatic rings. The van der Waals surface area contributed by atoms with Gasteiger partial charge in [0.15, 0.2) is 17.3 Å². The van der Waals surface area contributed by atoms with E-state index in [4.69, 9.17) is 51.5 Å². The maximum atomic E-state index is 12.9. The molecule has 0 bridgehead atoms. The predicted octanol–water partition coefficient (Wildman–Crippen LogP) is 19.0. The minimum Gasteiger partial charge on any atom is -0.507 e. The number of hydrogen-bond donors (Lipinski definition) is 2. The van der Waals surface area contributed by atoms with Gasteiger partial charge in [-0.3, -0.25) is 0 Å². The fourth-order valence-electron chi connectivity index (χ4n) is 11.1. The maximum Gasteiger partial charge on any atom is 0.341 e. The lowest BCUT2D eigenvalue weighted by molar-refractivity contribution is 0.0587. The Morgan fingerprint density at radius 3 is 1.03 bits per heavy atom. The summed E-state index contributed by atoms with van der Waals surface area (Å²) in [5.74, 6) is 3.81. The fraction of sp³-hybridized carbons (Fsp3) is 0.145. The van der Waals surface area contributed by atoms with E-state index in [9.17, 15) is 19.8 Å². The first kappa shape index (κ1) is 71.7.